The van der Waals surface area contributed by atoms with Crippen molar-refractivity contribution in [2.75, 3.05) is 0 Å². The molecule has 6 heteroatoms. The van der Waals surface area contributed by atoms with Gasteiger partial charge in [0.1, 0.15) is 11.2 Å². The van der Waals surface area contributed by atoms with Crippen LogP contribution in [0.3, 0.4) is 0 Å². The van der Waals surface area contributed by atoms with E-state index in [1.54, 1.807) is 0 Å². The number of nitrogens with one attached hydrogen (secondary N) is 2. The molecule has 2 aliphatic rings. The molecule has 0 aromatic heterocycles. The van der Waals surface area contributed by atoms with Crippen molar-refractivity contribution in [3.63, 3.8) is 0 Å². The van der Waals surface area contributed by atoms with Crippen molar-refractivity contribution in [2.45, 2.75) is 24.7 Å². The SMILES string of the molecule is O=C1CC(c2ccccc2)C2(C(=O)NC(=O)NC2=O)C(c2ccccc2)C1. The predicted molar refractivity (Wildman–Crippen MR) is 96.7 cm³/mol. The lowest BCUT2D eigenvalue weighted by molar-refractivity contribution is -0.151. The maximum absolute atomic E-state index is 13.2. The second kappa shape index (κ2) is 6.46. The summed E-state index contributed by atoms with van der Waals surface area (Å²) in [6, 6.07) is 17.3. The molecule has 6 nitrogen and oxygen atoms in total. The minimum atomic E-state index is -1.56. The minimum absolute atomic E-state index is 0.0131. The molecule has 2 aromatic carbocycles. The molecular formula is C21H18N2O4. The van der Waals surface area contributed by atoms with Crippen LogP contribution in [0.2, 0.25) is 0 Å². The molecule has 1 aliphatic heterocycles. The Kier molecular flexibility index (Phi) is 4.11. The summed E-state index contributed by atoms with van der Waals surface area (Å²) < 4.78 is 0. The fourth-order valence-corrected chi connectivity index (χ4v) is 4.42. The number of benzene rings is 2. The van der Waals surface area contributed by atoms with Crippen molar-refractivity contribution < 1.29 is 19.2 Å². The number of urea groups is 1. The molecule has 0 bridgehead atoms. The van der Waals surface area contributed by atoms with Crippen molar-refractivity contribution in [2.24, 2.45) is 5.41 Å². The largest absolute Gasteiger partial charge is 0.328 e. The first-order valence-electron chi connectivity index (χ1n) is 8.82. The van der Waals surface area contributed by atoms with Gasteiger partial charge in [-0.05, 0) is 11.1 Å². The van der Waals surface area contributed by atoms with E-state index in [-0.39, 0.29) is 18.6 Å². The van der Waals surface area contributed by atoms with Crippen molar-refractivity contribution in [3.05, 3.63) is 71.8 Å². The van der Waals surface area contributed by atoms with Gasteiger partial charge in [0, 0.05) is 24.7 Å². The molecule has 136 valence electrons. The van der Waals surface area contributed by atoms with E-state index in [1.807, 2.05) is 60.7 Å². The summed E-state index contributed by atoms with van der Waals surface area (Å²) >= 11 is 0. The maximum Gasteiger partial charge on any atom is 0.328 e. The molecule has 4 rings (SSSR count). The van der Waals surface area contributed by atoms with E-state index < -0.39 is 35.1 Å². The lowest BCUT2D eigenvalue weighted by Gasteiger charge is -2.48. The smallest absolute Gasteiger partial charge is 0.300 e. The Morgan fingerprint density at radius 1 is 0.667 bits per heavy atom. The van der Waals surface area contributed by atoms with Gasteiger partial charge in [0.15, 0.2) is 0 Å². The third-order valence-electron chi connectivity index (χ3n) is 5.57. The Morgan fingerprint density at radius 3 is 1.48 bits per heavy atom. The summed E-state index contributed by atoms with van der Waals surface area (Å²) in [4.78, 5) is 50.7. The average Bonchev–Trinajstić information content (AvgIpc) is 2.67. The Balaban J connectivity index is 1.95. The van der Waals surface area contributed by atoms with Gasteiger partial charge >= 0.3 is 6.03 Å². The standard InChI is InChI=1S/C21H18N2O4/c24-15-11-16(13-7-3-1-4-8-13)21(18(25)22-20(27)23-19(21)26)17(12-15)14-9-5-2-6-10-14/h1-10,16-17H,11-12H2,(H2,22,23,25,26,27). The lowest BCUT2D eigenvalue weighted by Crippen LogP contribution is -2.67. The van der Waals surface area contributed by atoms with Crippen LogP contribution in [0.4, 0.5) is 4.79 Å². The third-order valence-corrected chi connectivity index (χ3v) is 5.57. The van der Waals surface area contributed by atoms with Crippen LogP contribution < -0.4 is 10.6 Å². The molecule has 1 saturated carbocycles. The highest BCUT2D eigenvalue weighted by atomic mass is 16.2. The summed E-state index contributed by atoms with van der Waals surface area (Å²) in [5.74, 6) is -2.62. The van der Waals surface area contributed by atoms with E-state index in [9.17, 15) is 19.2 Å². The molecule has 1 aliphatic carbocycles. The van der Waals surface area contributed by atoms with Crippen molar-refractivity contribution in [1.29, 1.82) is 0 Å². The third kappa shape index (κ3) is 2.65. The summed E-state index contributed by atoms with van der Waals surface area (Å²) in [6.45, 7) is 0. The van der Waals surface area contributed by atoms with Gasteiger partial charge in [0.25, 0.3) is 0 Å². The molecule has 2 N–H and O–H groups in total. The van der Waals surface area contributed by atoms with Gasteiger partial charge in [-0.15, -0.1) is 0 Å². The van der Waals surface area contributed by atoms with Crippen LogP contribution in [0.5, 0.6) is 0 Å². The van der Waals surface area contributed by atoms with Gasteiger partial charge in [-0.1, -0.05) is 60.7 Å². The second-order valence-corrected chi connectivity index (χ2v) is 6.98. The molecule has 0 radical (unpaired) electrons. The Hall–Kier alpha value is -3.28. The molecule has 1 heterocycles. The van der Waals surface area contributed by atoms with Crippen molar-refractivity contribution in [3.8, 4) is 0 Å². The number of barbiturate groups is 1. The zero-order chi connectivity index (χ0) is 19.0. The van der Waals surface area contributed by atoms with Gasteiger partial charge < -0.3 is 0 Å². The van der Waals surface area contributed by atoms with E-state index in [0.29, 0.717) is 0 Å². The number of rotatable bonds is 2. The van der Waals surface area contributed by atoms with Crippen LogP contribution in [0.15, 0.2) is 60.7 Å². The number of hydrogen-bond acceptors (Lipinski definition) is 4. The molecular weight excluding hydrogens is 344 g/mol. The fourth-order valence-electron chi connectivity index (χ4n) is 4.42. The fraction of sp³-hybridized carbons (Fsp3) is 0.238. The summed E-state index contributed by atoms with van der Waals surface area (Å²) in [6.07, 6.45) is 0.144. The van der Waals surface area contributed by atoms with Gasteiger partial charge in [-0.25, -0.2) is 4.79 Å². The first kappa shape index (κ1) is 17.1. The predicted octanol–water partition coefficient (Wildman–Crippen LogP) is 2.27. The average molecular weight is 362 g/mol. The number of hydrogen-bond donors (Lipinski definition) is 2. The molecule has 2 unspecified atom stereocenters. The van der Waals surface area contributed by atoms with Gasteiger partial charge in [0.05, 0.1) is 0 Å². The molecule has 1 spiro atoms. The van der Waals surface area contributed by atoms with Gasteiger partial charge in [-0.2, -0.15) is 0 Å². The van der Waals surface area contributed by atoms with Crippen LogP contribution in [0, 0.1) is 5.41 Å². The van der Waals surface area contributed by atoms with E-state index in [2.05, 4.69) is 10.6 Å². The summed E-state index contributed by atoms with van der Waals surface area (Å²) in [5.41, 5.74) is -0.109. The topological polar surface area (TPSA) is 92.3 Å². The second-order valence-electron chi connectivity index (χ2n) is 6.98. The van der Waals surface area contributed by atoms with Gasteiger partial charge in [-0.3, -0.25) is 25.0 Å². The first-order chi connectivity index (χ1) is 13.0. The zero-order valence-corrected chi connectivity index (χ0v) is 14.5. The van der Waals surface area contributed by atoms with E-state index >= 15 is 0 Å². The van der Waals surface area contributed by atoms with Crippen LogP contribution >= 0.6 is 0 Å². The van der Waals surface area contributed by atoms with Crippen molar-refractivity contribution >= 4 is 23.6 Å². The van der Waals surface area contributed by atoms with Crippen LogP contribution in [-0.4, -0.2) is 23.6 Å². The number of carbonyl (C=O) groups is 4. The molecule has 2 aromatic rings. The highest BCUT2D eigenvalue weighted by Crippen LogP contribution is 2.55. The Labute approximate surface area is 156 Å². The zero-order valence-electron chi connectivity index (χ0n) is 14.5. The van der Waals surface area contributed by atoms with Crippen LogP contribution in [0.25, 0.3) is 0 Å². The van der Waals surface area contributed by atoms with Gasteiger partial charge in [0.2, 0.25) is 11.8 Å². The number of Topliss-reactive ketones (excluding diaryl/α,β-unsaturated/α-hetero) is 1. The molecule has 4 amide bonds. The summed E-state index contributed by atoms with van der Waals surface area (Å²) in [7, 11) is 0. The van der Waals surface area contributed by atoms with E-state index in [4.69, 9.17) is 0 Å². The van der Waals surface area contributed by atoms with Crippen LogP contribution in [-0.2, 0) is 14.4 Å². The number of amides is 4. The first-order valence-corrected chi connectivity index (χ1v) is 8.82. The molecule has 27 heavy (non-hydrogen) atoms. The van der Waals surface area contributed by atoms with Crippen LogP contribution in [0.1, 0.15) is 35.8 Å². The monoisotopic (exact) mass is 362 g/mol. The normalized spacial score (nSPS) is 24.4. The maximum atomic E-state index is 13.2. The molecule has 1 saturated heterocycles. The van der Waals surface area contributed by atoms with Crippen molar-refractivity contribution in [1.82, 2.24) is 10.6 Å². The van der Waals surface area contributed by atoms with E-state index in [0.717, 1.165) is 11.1 Å². The Bertz CT molecular complexity index is 850. The lowest BCUT2D eigenvalue weighted by atomic mass is 9.54. The Morgan fingerprint density at radius 2 is 1.07 bits per heavy atom. The van der Waals surface area contributed by atoms with E-state index in [1.165, 1.54) is 0 Å². The number of carbonyl (C=O) groups excluding carboxylic acids is 4. The summed E-state index contributed by atoms with van der Waals surface area (Å²) in [5, 5.41) is 4.53. The number of imide groups is 2. The highest BCUT2D eigenvalue weighted by Gasteiger charge is 2.63. The minimum Gasteiger partial charge on any atom is -0.300 e. The quantitative estimate of drug-likeness (QED) is 0.802. The highest BCUT2D eigenvalue weighted by molar-refractivity contribution is 6.21. The molecule has 2 fully saturated rings. The number of ketones is 1. The molecule has 2 atom stereocenters.